The number of amides is 1. The first kappa shape index (κ1) is 18.4. The summed E-state index contributed by atoms with van der Waals surface area (Å²) >= 11 is 0. The maximum atomic E-state index is 11.7. The Balaban J connectivity index is 2.13. The molecule has 1 unspecified atom stereocenters. The molecule has 0 spiro atoms. The van der Waals surface area contributed by atoms with E-state index in [1.807, 2.05) is 14.1 Å². The fraction of sp³-hybridized carbons (Fsp3) is 0.941. The number of nitrogens with one attached hydrogen (secondary N) is 1. The molecule has 0 aromatic rings. The van der Waals surface area contributed by atoms with Crippen LogP contribution in [0.25, 0.3) is 0 Å². The molecule has 0 saturated carbocycles. The van der Waals surface area contributed by atoms with Gasteiger partial charge in [-0.2, -0.15) is 0 Å². The standard InChI is InChI=1S/C17H35N3O/c1-5-6-7-8-9-15(2)18-16-10-12-20(13-11-16)14-17(21)19(3)4/h15-16,18H,5-14H2,1-4H3. The van der Waals surface area contributed by atoms with E-state index in [-0.39, 0.29) is 5.91 Å². The molecule has 1 heterocycles. The van der Waals surface area contributed by atoms with E-state index in [4.69, 9.17) is 0 Å². The fourth-order valence-electron chi connectivity index (χ4n) is 2.95. The fourth-order valence-corrected chi connectivity index (χ4v) is 2.95. The van der Waals surface area contributed by atoms with Gasteiger partial charge in [0.25, 0.3) is 0 Å². The second-order valence-corrected chi connectivity index (χ2v) is 6.76. The zero-order chi connectivity index (χ0) is 15.7. The van der Waals surface area contributed by atoms with Crippen LogP contribution >= 0.6 is 0 Å². The number of hydrogen-bond donors (Lipinski definition) is 1. The number of unbranched alkanes of at least 4 members (excludes halogenated alkanes) is 3. The Hall–Kier alpha value is -0.610. The summed E-state index contributed by atoms with van der Waals surface area (Å²) in [7, 11) is 3.66. The van der Waals surface area contributed by atoms with Gasteiger partial charge in [-0.15, -0.1) is 0 Å². The first-order chi connectivity index (χ1) is 10.0. The minimum absolute atomic E-state index is 0.214. The second-order valence-electron chi connectivity index (χ2n) is 6.76. The van der Waals surface area contributed by atoms with Gasteiger partial charge >= 0.3 is 0 Å². The van der Waals surface area contributed by atoms with Crippen molar-refractivity contribution in [2.45, 2.75) is 70.9 Å². The third-order valence-corrected chi connectivity index (χ3v) is 4.46. The van der Waals surface area contributed by atoms with Gasteiger partial charge in [-0.25, -0.2) is 0 Å². The number of likely N-dealkylation sites (tertiary alicyclic amines) is 1. The molecule has 1 fully saturated rings. The van der Waals surface area contributed by atoms with Crippen molar-refractivity contribution in [2.75, 3.05) is 33.7 Å². The van der Waals surface area contributed by atoms with E-state index in [0.717, 1.165) is 13.1 Å². The van der Waals surface area contributed by atoms with E-state index in [2.05, 4.69) is 24.1 Å². The molecular formula is C17H35N3O. The summed E-state index contributed by atoms with van der Waals surface area (Å²) in [5, 5.41) is 3.77. The lowest BCUT2D eigenvalue weighted by Crippen LogP contribution is -2.47. The summed E-state index contributed by atoms with van der Waals surface area (Å²) < 4.78 is 0. The molecular weight excluding hydrogens is 262 g/mol. The summed E-state index contributed by atoms with van der Waals surface area (Å²) in [6.45, 7) is 7.23. The predicted octanol–water partition coefficient (Wildman–Crippen LogP) is 2.49. The van der Waals surface area contributed by atoms with Gasteiger partial charge in [0.1, 0.15) is 0 Å². The molecule has 1 rings (SSSR count). The van der Waals surface area contributed by atoms with Gasteiger partial charge in [-0.3, -0.25) is 9.69 Å². The van der Waals surface area contributed by atoms with Crippen LogP contribution in [-0.4, -0.2) is 61.5 Å². The van der Waals surface area contributed by atoms with Crippen molar-refractivity contribution in [1.29, 1.82) is 0 Å². The molecule has 4 nitrogen and oxygen atoms in total. The Bertz CT molecular complexity index is 286. The molecule has 1 aliphatic rings. The Morgan fingerprint density at radius 3 is 2.48 bits per heavy atom. The van der Waals surface area contributed by atoms with Crippen LogP contribution in [0.15, 0.2) is 0 Å². The van der Waals surface area contributed by atoms with Crippen LogP contribution < -0.4 is 5.32 Å². The zero-order valence-electron chi connectivity index (χ0n) is 14.5. The highest BCUT2D eigenvalue weighted by Crippen LogP contribution is 2.13. The van der Waals surface area contributed by atoms with Crippen LogP contribution in [0.2, 0.25) is 0 Å². The van der Waals surface area contributed by atoms with Crippen molar-refractivity contribution in [1.82, 2.24) is 15.1 Å². The highest BCUT2D eigenvalue weighted by atomic mass is 16.2. The lowest BCUT2D eigenvalue weighted by Gasteiger charge is -2.34. The topological polar surface area (TPSA) is 35.6 Å². The van der Waals surface area contributed by atoms with Gasteiger partial charge in [0.05, 0.1) is 6.54 Å². The minimum Gasteiger partial charge on any atom is -0.348 e. The molecule has 0 aliphatic carbocycles. The monoisotopic (exact) mass is 297 g/mol. The van der Waals surface area contributed by atoms with Gasteiger partial charge in [0.2, 0.25) is 5.91 Å². The van der Waals surface area contributed by atoms with Crippen LogP contribution in [0.1, 0.15) is 58.8 Å². The highest BCUT2D eigenvalue weighted by molar-refractivity contribution is 5.77. The van der Waals surface area contributed by atoms with Crippen molar-refractivity contribution in [2.24, 2.45) is 0 Å². The minimum atomic E-state index is 0.214. The van der Waals surface area contributed by atoms with Crippen molar-refractivity contribution >= 4 is 5.91 Å². The molecule has 21 heavy (non-hydrogen) atoms. The quantitative estimate of drug-likeness (QED) is 0.664. The van der Waals surface area contributed by atoms with E-state index in [9.17, 15) is 4.79 Å². The number of carbonyl (C=O) groups is 1. The smallest absolute Gasteiger partial charge is 0.236 e. The summed E-state index contributed by atoms with van der Waals surface area (Å²) in [5.41, 5.74) is 0. The molecule has 1 aliphatic heterocycles. The van der Waals surface area contributed by atoms with E-state index in [0.29, 0.717) is 18.6 Å². The zero-order valence-corrected chi connectivity index (χ0v) is 14.5. The number of nitrogens with zero attached hydrogens (tertiary/aromatic N) is 2. The number of hydrogen-bond acceptors (Lipinski definition) is 3. The van der Waals surface area contributed by atoms with Crippen LogP contribution in [-0.2, 0) is 4.79 Å². The maximum absolute atomic E-state index is 11.7. The molecule has 0 aromatic carbocycles. The first-order valence-corrected chi connectivity index (χ1v) is 8.71. The van der Waals surface area contributed by atoms with Gasteiger partial charge in [0, 0.05) is 39.3 Å². The summed E-state index contributed by atoms with van der Waals surface area (Å²) in [4.78, 5) is 15.7. The van der Waals surface area contributed by atoms with Gasteiger partial charge < -0.3 is 10.2 Å². The predicted molar refractivity (Wildman–Crippen MR) is 89.5 cm³/mol. The average molecular weight is 297 g/mol. The second kappa shape index (κ2) is 10.2. The average Bonchev–Trinajstić information content (AvgIpc) is 2.45. The summed E-state index contributed by atoms with van der Waals surface area (Å²) in [5.74, 6) is 0.214. The van der Waals surface area contributed by atoms with E-state index in [1.165, 1.54) is 44.9 Å². The third kappa shape index (κ3) is 7.82. The Kier molecular flexibility index (Phi) is 8.93. The third-order valence-electron chi connectivity index (χ3n) is 4.46. The van der Waals surface area contributed by atoms with Crippen LogP contribution in [0.4, 0.5) is 0 Å². The lowest BCUT2D eigenvalue weighted by atomic mass is 10.0. The van der Waals surface area contributed by atoms with Crippen molar-refractivity contribution in [3.8, 4) is 0 Å². The van der Waals surface area contributed by atoms with E-state index in [1.54, 1.807) is 4.90 Å². The number of piperidine rings is 1. The number of rotatable bonds is 9. The van der Waals surface area contributed by atoms with Gasteiger partial charge in [-0.1, -0.05) is 32.6 Å². The SMILES string of the molecule is CCCCCCC(C)NC1CCN(CC(=O)N(C)C)CC1. The largest absolute Gasteiger partial charge is 0.348 e. The van der Waals surface area contributed by atoms with Crippen molar-refractivity contribution < 1.29 is 4.79 Å². The molecule has 1 atom stereocenters. The van der Waals surface area contributed by atoms with E-state index >= 15 is 0 Å². The molecule has 0 bridgehead atoms. The van der Waals surface area contributed by atoms with Crippen LogP contribution in [0.5, 0.6) is 0 Å². The Morgan fingerprint density at radius 2 is 1.90 bits per heavy atom. The molecule has 0 aromatic heterocycles. The number of carbonyl (C=O) groups excluding carboxylic acids is 1. The first-order valence-electron chi connectivity index (χ1n) is 8.71. The molecule has 1 saturated heterocycles. The molecule has 1 N–H and O–H groups in total. The normalized spacial score (nSPS) is 18.7. The van der Waals surface area contributed by atoms with Gasteiger partial charge in [0.15, 0.2) is 0 Å². The molecule has 0 radical (unpaired) electrons. The van der Waals surface area contributed by atoms with Crippen molar-refractivity contribution in [3.63, 3.8) is 0 Å². The maximum Gasteiger partial charge on any atom is 0.236 e. The summed E-state index contributed by atoms with van der Waals surface area (Å²) in [6.07, 6.45) is 9.02. The number of likely N-dealkylation sites (N-methyl/N-ethyl adjacent to an activating group) is 1. The molecule has 1 amide bonds. The molecule has 124 valence electrons. The van der Waals surface area contributed by atoms with Crippen molar-refractivity contribution in [3.05, 3.63) is 0 Å². The van der Waals surface area contributed by atoms with Gasteiger partial charge in [-0.05, 0) is 26.2 Å². The van der Waals surface area contributed by atoms with Crippen LogP contribution in [0.3, 0.4) is 0 Å². The van der Waals surface area contributed by atoms with Crippen LogP contribution in [0, 0.1) is 0 Å². The lowest BCUT2D eigenvalue weighted by molar-refractivity contribution is -0.130. The molecule has 4 heteroatoms. The summed E-state index contributed by atoms with van der Waals surface area (Å²) in [6, 6.07) is 1.26. The Labute approximate surface area is 131 Å². The highest BCUT2D eigenvalue weighted by Gasteiger charge is 2.22. The van der Waals surface area contributed by atoms with E-state index < -0.39 is 0 Å². The Morgan fingerprint density at radius 1 is 1.24 bits per heavy atom.